The summed E-state index contributed by atoms with van der Waals surface area (Å²) >= 11 is 0. The van der Waals surface area contributed by atoms with Crippen molar-refractivity contribution in [2.24, 2.45) is 5.73 Å². The van der Waals surface area contributed by atoms with Gasteiger partial charge in [-0.2, -0.15) is 0 Å². The van der Waals surface area contributed by atoms with E-state index in [1.54, 1.807) is 0 Å². The molecule has 20 heavy (non-hydrogen) atoms. The van der Waals surface area contributed by atoms with Crippen molar-refractivity contribution in [2.75, 3.05) is 0 Å². The van der Waals surface area contributed by atoms with Gasteiger partial charge < -0.3 is 10.3 Å². The molecule has 3 aromatic rings. The smallest absolute Gasteiger partial charge is 0.0482 e. The highest BCUT2D eigenvalue weighted by Gasteiger charge is 2.06. The molecule has 1 heterocycles. The van der Waals surface area contributed by atoms with E-state index in [2.05, 4.69) is 65.2 Å². The molecule has 0 radical (unpaired) electrons. The minimum atomic E-state index is 0.597. The second-order valence-corrected chi connectivity index (χ2v) is 5.14. The lowest BCUT2D eigenvalue weighted by molar-refractivity contribution is 0.636. The Morgan fingerprint density at radius 2 is 1.65 bits per heavy atom. The largest absolute Gasteiger partial charge is 0.343 e. The summed E-state index contributed by atoms with van der Waals surface area (Å²) < 4.78 is 2.36. The Labute approximate surface area is 119 Å². The van der Waals surface area contributed by atoms with Crippen LogP contribution in [-0.4, -0.2) is 4.57 Å². The van der Waals surface area contributed by atoms with E-state index >= 15 is 0 Å². The third-order valence-electron chi connectivity index (χ3n) is 3.80. The van der Waals surface area contributed by atoms with Crippen LogP contribution in [0.25, 0.3) is 10.9 Å². The number of aryl methyl sites for hydroxylation is 2. The van der Waals surface area contributed by atoms with Gasteiger partial charge in [0.1, 0.15) is 0 Å². The molecule has 0 saturated carbocycles. The topological polar surface area (TPSA) is 30.9 Å². The van der Waals surface area contributed by atoms with E-state index in [-0.39, 0.29) is 0 Å². The lowest BCUT2D eigenvalue weighted by atomic mass is 10.1. The molecule has 2 N–H and O–H groups in total. The van der Waals surface area contributed by atoms with Crippen LogP contribution >= 0.6 is 0 Å². The number of rotatable bonds is 5. The highest BCUT2D eigenvalue weighted by Crippen LogP contribution is 2.20. The molecular formula is C18H20N2. The molecular weight excluding hydrogens is 244 g/mol. The molecule has 3 rings (SSSR count). The molecule has 0 unspecified atom stereocenters. The second-order valence-electron chi connectivity index (χ2n) is 5.14. The van der Waals surface area contributed by atoms with Gasteiger partial charge in [0.2, 0.25) is 0 Å². The number of hydrogen-bond acceptors (Lipinski definition) is 1. The molecule has 0 saturated heterocycles. The van der Waals surface area contributed by atoms with Crippen molar-refractivity contribution in [3.63, 3.8) is 0 Å². The molecule has 0 aliphatic carbocycles. The highest BCUT2D eigenvalue weighted by molar-refractivity contribution is 5.81. The van der Waals surface area contributed by atoms with Crippen molar-refractivity contribution in [2.45, 2.75) is 25.9 Å². The summed E-state index contributed by atoms with van der Waals surface area (Å²) in [5, 5.41) is 1.28. The second kappa shape index (κ2) is 5.93. The summed E-state index contributed by atoms with van der Waals surface area (Å²) in [5.74, 6) is 0. The van der Waals surface area contributed by atoms with Gasteiger partial charge in [-0.3, -0.25) is 0 Å². The first-order chi connectivity index (χ1) is 9.88. The SMILES string of the molecule is NCc1cc2ccccc2n1CCCc1ccccc1. The lowest BCUT2D eigenvalue weighted by Crippen LogP contribution is -2.08. The van der Waals surface area contributed by atoms with Crippen molar-refractivity contribution in [1.29, 1.82) is 0 Å². The molecule has 0 atom stereocenters. The van der Waals surface area contributed by atoms with Gasteiger partial charge in [0, 0.05) is 24.3 Å². The zero-order valence-corrected chi connectivity index (χ0v) is 11.6. The Morgan fingerprint density at radius 1 is 0.900 bits per heavy atom. The monoisotopic (exact) mass is 264 g/mol. The molecule has 2 aromatic carbocycles. The molecule has 2 heteroatoms. The Balaban J connectivity index is 1.77. The van der Waals surface area contributed by atoms with Gasteiger partial charge in [0.15, 0.2) is 0 Å². The van der Waals surface area contributed by atoms with Crippen LogP contribution in [0.1, 0.15) is 17.7 Å². The Bertz CT molecular complexity index is 683. The van der Waals surface area contributed by atoms with Gasteiger partial charge in [-0.25, -0.2) is 0 Å². The van der Waals surface area contributed by atoms with E-state index in [1.165, 1.54) is 22.2 Å². The zero-order chi connectivity index (χ0) is 13.8. The Morgan fingerprint density at radius 3 is 2.45 bits per heavy atom. The van der Waals surface area contributed by atoms with Gasteiger partial charge in [0.25, 0.3) is 0 Å². The zero-order valence-electron chi connectivity index (χ0n) is 11.6. The number of para-hydroxylation sites is 1. The van der Waals surface area contributed by atoms with Gasteiger partial charge in [0.05, 0.1) is 0 Å². The molecule has 102 valence electrons. The average molecular weight is 264 g/mol. The molecule has 2 nitrogen and oxygen atoms in total. The fourth-order valence-electron chi connectivity index (χ4n) is 2.79. The van der Waals surface area contributed by atoms with Crippen LogP contribution in [0.4, 0.5) is 0 Å². The highest BCUT2D eigenvalue weighted by atomic mass is 15.0. The Kier molecular flexibility index (Phi) is 3.84. The summed E-state index contributed by atoms with van der Waals surface area (Å²) in [4.78, 5) is 0. The maximum atomic E-state index is 5.88. The van der Waals surface area contributed by atoms with Gasteiger partial charge in [-0.15, -0.1) is 0 Å². The normalized spacial score (nSPS) is 11.1. The van der Waals surface area contributed by atoms with Crippen LogP contribution in [0.3, 0.4) is 0 Å². The maximum Gasteiger partial charge on any atom is 0.0482 e. The molecule has 0 spiro atoms. The molecule has 0 fully saturated rings. The van der Waals surface area contributed by atoms with E-state index in [9.17, 15) is 0 Å². The first-order valence-electron chi connectivity index (χ1n) is 7.19. The standard InChI is InChI=1S/C18H20N2/c19-14-17-13-16-10-4-5-11-18(16)20(17)12-6-9-15-7-2-1-3-8-15/h1-5,7-8,10-11,13H,6,9,12,14,19H2. The lowest BCUT2D eigenvalue weighted by Gasteiger charge is -2.09. The quantitative estimate of drug-likeness (QED) is 0.748. The summed E-state index contributed by atoms with van der Waals surface area (Å²) in [5.41, 5.74) is 9.79. The first kappa shape index (κ1) is 12.9. The molecule has 1 aromatic heterocycles. The van der Waals surface area contributed by atoms with Crippen LogP contribution < -0.4 is 5.73 Å². The van der Waals surface area contributed by atoms with Crippen molar-refractivity contribution in [3.05, 3.63) is 71.9 Å². The predicted octanol–water partition coefficient (Wildman–Crippen LogP) is 3.73. The number of nitrogens with zero attached hydrogens (tertiary/aromatic N) is 1. The minimum Gasteiger partial charge on any atom is -0.343 e. The number of hydrogen-bond donors (Lipinski definition) is 1. The Hall–Kier alpha value is -2.06. The average Bonchev–Trinajstić information content (AvgIpc) is 2.87. The maximum absolute atomic E-state index is 5.88. The summed E-state index contributed by atoms with van der Waals surface area (Å²) in [6.45, 7) is 1.62. The third kappa shape index (κ3) is 2.61. The van der Waals surface area contributed by atoms with Crippen LogP contribution in [-0.2, 0) is 19.5 Å². The first-order valence-corrected chi connectivity index (χ1v) is 7.19. The van der Waals surface area contributed by atoms with Crippen molar-refractivity contribution < 1.29 is 0 Å². The molecule has 0 amide bonds. The summed E-state index contributed by atoms with van der Waals surface area (Å²) in [6, 6.07) is 21.4. The van der Waals surface area contributed by atoms with Crippen LogP contribution in [0.5, 0.6) is 0 Å². The van der Waals surface area contributed by atoms with Crippen LogP contribution in [0.15, 0.2) is 60.7 Å². The molecule has 0 aliphatic rings. The van der Waals surface area contributed by atoms with Crippen LogP contribution in [0, 0.1) is 0 Å². The summed E-state index contributed by atoms with van der Waals surface area (Å²) in [6.07, 6.45) is 2.24. The molecule has 0 aliphatic heterocycles. The van der Waals surface area contributed by atoms with Crippen molar-refractivity contribution in [3.8, 4) is 0 Å². The minimum absolute atomic E-state index is 0.597. The van der Waals surface area contributed by atoms with Crippen LogP contribution in [0.2, 0.25) is 0 Å². The van der Waals surface area contributed by atoms with E-state index in [4.69, 9.17) is 5.73 Å². The predicted molar refractivity (Wildman–Crippen MR) is 84.6 cm³/mol. The van der Waals surface area contributed by atoms with Gasteiger partial charge in [-0.05, 0) is 35.9 Å². The number of aromatic nitrogens is 1. The number of nitrogens with two attached hydrogens (primary N) is 1. The van der Waals surface area contributed by atoms with Gasteiger partial charge >= 0.3 is 0 Å². The summed E-state index contributed by atoms with van der Waals surface area (Å²) in [7, 11) is 0. The van der Waals surface area contributed by atoms with Crippen molar-refractivity contribution in [1.82, 2.24) is 4.57 Å². The van der Waals surface area contributed by atoms with E-state index in [1.807, 2.05) is 0 Å². The van der Waals surface area contributed by atoms with Gasteiger partial charge in [-0.1, -0.05) is 48.5 Å². The van der Waals surface area contributed by atoms with E-state index < -0.39 is 0 Å². The van der Waals surface area contributed by atoms with E-state index in [0.717, 1.165) is 19.4 Å². The third-order valence-corrected chi connectivity index (χ3v) is 3.80. The van der Waals surface area contributed by atoms with Crippen molar-refractivity contribution >= 4 is 10.9 Å². The molecule has 0 bridgehead atoms. The number of fused-ring (bicyclic) bond motifs is 1. The fraction of sp³-hybridized carbons (Fsp3) is 0.222. The number of benzene rings is 2. The van der Waals surface area contributed by atoms with E-state index in [0.29, 0.717) is 6.54 Å². The fourth-order valence-corrected chi connectivity index (χ4v) is 2.79.